The molecule has 1 aromatic rings. The Balaban J connectivity index is 0.00000100. The molecule has 2 saturated heterocycles. The predicted octanol–water partition coefficient (Wildman–Crippen LogP) is 2.10. The van der Waals surface area contributed by atoms with Gasteiger partial charge in [0.05, 0.1) is 6.20 Å². The molecule has 1 aromatic heterocycles. The van der Waals surface area contributed by atoms with E-state index >= 15 is 0 Å². The molecule has 0 aromatic carbocycles. The van der Waals surface area contributed by atoms with Gasteiger partial charge in [0.2, 0.25) is 5.91 Å². The van der Waals surface area contributed by atoms with Crippen molar-refractivity contribution in [2.75, 3.05) is 20.1 Å². The Bertz CT molecular complexity index is 551. The molecule has 6 heteroatoms. The second-order valence-corrected chi connectivity index (χ2v) is 6.05. The molecule has 132 valence electrons. The molecule has 0 spiro atoms. The molecular formula is C18H27N3O3. The van der Waals surface area contributed by atoms with Crippen LogP contribution in [0.4, 0.5) is 0 Å². The zero-order chi connectivity index (χ0) is 17.5. The summed E-state index contributed by atoms with van der Waals surface area (Å²) in [7, 11) is 2.14. The molecule has 2 fully saturated rings. The number of aromatic nitrogens is 1. The summed E-state index contributed by atoms with van der Waals surface area (Å²) in [5, 5.41) is 2.29. The van der Waals surface area contributed by atoms with Gasteiger partial charge in [0.25, 0.3) is 5.91 Å². The van der Waals surface area contributed by atoms with Gasteiger partial charge >= 0.3 is 0 Å². The van der Waals surface area contributed by atoms with Crippen molar-refractivity contribution >= 4 is 11.8 Å². The Kier molecular flexibility index (Phi) is 6.73. The van der Waals surface area contributed by atoms with Crippen molar-refractivity contribution in [1.82, 2.24) is 15.2 Å². The number of nitrogens with one attached hydrogen (secondary N) is 1. The number of pyridine rings is 1. The quantitative estimate of drug-likeness (QED) is 0.858. The van der Waals surface area contributed by atoms with Crippen LogP contribution < -0.4 is 10.1 Å². The van der Waals surface area contributed by atoms with E-state index in [1.54, 1.807) is 6.20 Å². The van der Waals surface area contributed by atoms with Gasteiger partial charge in [0.1, 0.15) is 5.75 Å². The fourth-order valence-corrected chi connectivity index (χ4v) is 2.96. The maximum atomic E-state index is 11.7. The van der Waals surface area contributed by atoms with E-state index in [2.05, 4.69) is 22.2 Å². The summed E-state index contributed by atoms with van der Waals surface area (Å²) in [4.78, 5) is 29.6. The summed E-state index contributed by atoms with van der Waals surface area (Å²) in [6, 6.07) is 3.85. The zero-order valence-electron chi connectivity index (χ0n) is 14.7. The lowest BCUT2D eigenvalue weighted by Gasteiger charge is -2.28. The van der Waals surface area contributed by atoms with Crippen LogP contribution in [0.25, 0.3) is 0 Å². The third-order valence-electron chi connectivity index (χ3n) is 4.36. The normalized spacial score (nSPS) is 22.4. The Morgan fingerprint density at radius 2 is 1.88 bits per heavy atom. The number of hydrogen-bond acceptors (Lipinski definition) is 5. The molecule has 6 nitrogen and oxygen atoms in total. The van der Waals surface area contributed by atoms with Gasteiger partial charge in [-0.05, 0) is 45.1 Å². The molecule has 1 N–H and O–H groups in total. The maximum Gasteiger partial charge on any atom is 0.267 e. The summed E-state index contributed by atoms with van der Waals surface area (Å²) in [6.45, 7) is 6.20. The van der Waals surface area contributed by atoms with E-state index in [9.17, 15) is 9.59 Å². The molecule has 24 heavy (non-hydrogen) atoms. The summed E-state index contributed by atoms with van der Waals surface area (Å²) in [5.41, 5.74) is 1.09. The van der Waals surface area contributed by atoms with Crippen molar-refractivity contribution in [3.05, 3.63) is 24.0 Å². The largest absolute Gasteiger partial charge is 0.479 e. The Morgan fingerprint density at radius 1 is 1.17 bits per heavy atom. The number of likely N-dealkylation sites (tertiary alicyclic amines) is 1. The van der Waals surface area contributed by atoms with Crippen LogP contribution in [0, 0.1) is 0 Å². The standard InChI is InChI=1S/C16H21N3O3.C2H6/c1-19-8-6-11(7-9-19)13-3-2-12(10-17-13)22-14-4-5-15(20)18-16(14)21;1-2/h2-3,10-11,14H,4-9H2,1H3,(H,18,20,21);1-2H3. The molecule has 1 atom stereocenters. The average Bonchev–Trinajstić information content (AvgIpc) is 2.61. The first-order valence-electron chi connectivity index (χ1n) is 8.76. The van der Waals surface area contributed by atoms with Crippen LogP contribution in [0.2, 0.25) is 0 Å². The maximum absolute atomic E-state index is 11.7. The van der Waals surface area contributed by atoms with Crippen LogP contribution in [0.1, 0.15) is 51.1 Å². The highest BCUT2D eigenvalue weighted by Gasteiger charge is 2.28. The minimum absolute atomic E-state index is 0.236. The zero-order valence-corrected chi connectivity index (χ0v) is 14.7. The highest BCUT2D eigenvalue weighted by atomic mass is 16.5. The highest BCUT2D eigenvalue weighted by molar-refractivity contribution is 5.99. The fourth-order valence-electron chi connectivity index (χ4n) is 2.96. The molecule has 3 rings (SSSR count). The summed E-state index contributed by atoms with van der Waals surface area (Å²) >= 11 is 0. The third-order valence-corrected chi connectivity index (χ3v) is 4.36. The molecule has 0 saturated carbocycles. The number of rotatable bonds is 3. The van der Waals surface area contributed by atoms with E-state index in [0.29, 0.717) is 24.5 Å². The number of carbonyl (C=O) groups excluding carboxylic acids is 2. The molecule has 2 aliphatic heterocycles. The predicted molar refractivity (Wildman–Crippen MR) is 91.9 cm³/mol. The van der Waals surface area contributed by atoms with Crippen molar-refractivity contribution in [2.24, 2.45) is 0 Å². The van der Waals surface area contributed by atoms with Crippen molar-refractivity contribution < 1.29 is 14.3 Å². The van der Waals surface area contributed by atoms with Gasteiger partial charge < -0.3 is 9.64 Å². The summed E-state index contributed by atoms with van der Waals surface area (Å²) in [6.07, 6.45) is 4.05. The van der Waals surface area contributed by atoms with Crippen LogP contribution in [-0.2, 0) is 9.59 Å². The van der Waals surface area contributed by atoms with Crippen LogP contribution in [0.3, 0.4) is 0 Å². The lowest BCUT2D eigenvalue weighted by Crippen LogP contribution is -2.46. The molecule has 0 radical (unpaired) electrons. The third kappa shape index (κ3) is 4.77. The second-order valence-electron chi connectivity index (χ2n) is 6.05. The Labute approximate surface area is 143 Å². The van der Waals surface area contributed by atoms with Gasteiger partial charge in [-0.25, -0.2) is 0 Å². The molecule has 1 unspecified atom stereocenters. The molecule has 0 bridgehead atoms. The van der Waals surface area contributed by atoms with Gasteiger partial charge in [-0.15, -0.1) is 0 Å². The monoisotopic (exact) mass is 333 g/mol. The fraction of sp³-hybridized carbons (Fsp3) is 0.611. The lowest BCUT2D eigenvalue weighted by atomic mass is 9.93. The van der Waals surface area contributed by atoms with Crippen molar-refractivity contribution in [3.8, 4) is 5.75 Å². The van der Waals surface area contributed by atoms with E-state index in [0.717, 1.165) is 31.6 Å². The smallest absolute Gasteiger partial charge is 0.267 e. The van der Waals surface area contributed by atoms with Gasteiger partial charge in [-0.1, -0.05) is 13.8 Å². The number of carbonyl (C=O) groups is 2. The first-order chi connectivity index (χ1) is 11.6. The lowest BCUT2D eigenvalue weighted by molar-refractivity contribution is -0.138. The van der Waals surface area contributed by atoms with Crippen molar-refractivity contribution in [3.63, 3.8) is 0 Å². The highest BCUT2D eigenvalue weighted by Crippen LogP contribution is 2.27. The second kappa shape index (κ2) is 8.78. The number of nitrogens with zero attached hydrogens (tertiary/aromatic N) is 2. The van der Waals surface area contributed by atoms with E-state index < -0.39 is 6.10 Å². The van der Waals surface area contributed by atoms with E-state index in [1.165, 1.54) is 0 Å². The van der Waals surface area contributed by atoms with Gasteiger partial charge in [0.15, 0.2) is 6.10 Å². The number of amides is 2. The minimum atomic E-state index is -0.603. The summed E-state index contributed by atoms with van der Waals surface area (Å²) < 4.78 is 5.64. The van der Waals surface area contributed by atoms with Crippen LogP contribution >= 0.6 is 0 Å². The first-order valence-corrected chi connectivity index (χ1v) is 8.76. The van der Waals surface area contributed by atoms with Crippen molar-refractivity contribution in [1.29, 1.82) is 0 Å². The first kappa shape index (κ1) is 18.4. The number of imide groups is 1. The molecule has 0 aliphatic carbocycles. The molecular weight excluding hydrogens is 306 g/mol. The molecule has 2 amide bonds. The average molecular weight is 333 g/mol. The van der Waals surface area contributed by atoms with E-state index in [1.807, 2.05) is 26.0 Å². The van der Waals surface area contributed by atoms with Gasteiger partial charge in [-0.2, -0.15) is 0 Å². The number of ether oxygens (including phenoxy) is 1. The van der Waals surface area contributed by atoms with E-state index in [4.69, 9.17) is 4.74 Å². The Morgan fingerprint density at radius 3 is 2.46 bits per heavy atom. The number of piperidine rings is 2. The molecule has 3 heterocycles. The Hall–Kier alpha value is -1.95. The van der Waals surface area contributed by atoms with Crippen LogP contribution in [0.15, 0.2) is 18.3 Å². The van der Waals surface area contributed by atoms with Gasteiger partial charge in [0, 0.05) is 24.5 Å². The van der Waals surface area contributed by atoms with Crippen molar-refractivity contribution in [2.45, 2.75) is 51.6 Å². The topological polar surface area (TPSA) is 71.5 Å². The number of hydrogen-bond donors (Lipinski definition) is 1. The van der Waals surface area contributed by atoms with Crippen LogP contribution in [-0.4, -0.2) is 47.9 Å². The minimum Gasteiger partial charge on any atom is -0.479 e. The molecule has 2 aliphatic rings. The van der Waals surface area contributed by atoms with Gasteiger partial charge in [-0.3, -0.25) is 19.9 Å². The summed E-state index contributed by atoms with van der Waals surface area (Å²) in [5.74, 6) is 0.475. The van der Waals surface area contributed by atoms with Crippen LogP contribution in [0.5, 0.6) is 5.75 Å². The SMILES string of the molecule is CC.CN1CCC(c2ccc(OC3CCC(=O)NC3=O)cn2)CC1. The van der Waals surface area contributed by atoms with E-state index in [-0.39, 0.29) is 11.8 Å².